The molecular weight excluding hydrogens is 527 g/mol. The van der Waals surface area contributed by atoms with Gasteiger partial charge in [-0.2, -0.15) is 13.2 Å². The van der Waals surface area contributed by atoms with Crippen LogP contribution >= 0.6 is 0 Å². The summed E-state index contributed by atoms with van der Waals surface area (Å²) < 4.78 is 93.8. The summed E-state index contributed by atoms with van der Waals surface area (Å²) >= 11 is 0. The van der Waals surface area contributed by atoms with Crippen molar-refractivity contribution in [2.24, 2.45) is 0 Å². The predicted octanol–water partition coefficient (Wildman–Crippen LogP) is 5.56. The van der Waals surface area contributed by atoms with Crippen LogP contribution in [0.3, 0.4) is 0 Å². The molecule has 37 heavy (non-hydrogen) atoms. The zero-order valence-corrected chi connectivity index (χ0v) is 22.4. The molecular formula is C25H26F3N3O4S2. The number of halogens is 3. The Hall–Kier alpha value is -3.12. The Balaban J connectivity index is 1.96. The molecule has 0 unspecified atom stereocenters. The molecule has 0 atom stereocenters. The monoisotopic (exact) mass is 553 g/mol. The van der Waals surface area contributed by atoms with E-state index in [1.807, 2.05) is 20.8 Å². The minimum atomic E-state index is -4.71. The largest absolute Gasteiger partial charge is 0.433 e. The first kappa shape index (κ1) is 26.9. The first-order valence-corrected chi connectivity index (χ1v) is 14.5. The standard InChI is InChI=1S/C25H26F3N3O4S2/c1-15-20(36(5,32)33)12-11-19-22(15)31(14-16-6-13-21(25(26,27)28)30-23(16)29-19)37(34,35)18-9-7-17(8-10-18)24(2,3)4/h6-13H,14H2,1-5H3,(H,29,30). The molecule has 0 saturated carbocycles. The Morgan fingerprint density at radius 3 is 2.08 bits per heavy atom. The molecule has 3 aromatic rings. The lowest BCUT2D eigenvalue weighted by Gasteiger charge is -2.27. The molecule has 0 spiro atoms. The van der Waals surface area contributed by atoms with Gasteiger partial charge in [0.05, 0.1) is 27.7 Å². The van der Waals surface area contributed by atoms with E-state index < -0.39 is 31.7 Å². The van der Waals surface area contributed by atoms with Crippen LogP contribution in [0.4, 0.5) is 30.4 Å². The number of nitrogens with one attached hydrogen (secondary N) is 1. The van der Waals surface area contributed by atoms with Crippen LogP contribution in [-0.4, -0.2) is 28.1 Å². The van der Waals surface area contributed by atoms with Crippen molar-refractivity contribution in [1.82, 2.24) is 4.98 Å². The third kappa shape index (κ3) is 5.04. The maximum Gasteiger partial charge on any atom is 0.433 e. The molecule has 1 aromatic heterocycles. The van der Waals surface area contributed by atoms with Crippen LogP contribution in [0.2, 0.25) is 0 Å². The molecule has 12 heteroatoms. The Labute approximate surface area is 214 Å². The number of pyridine rings is 1. The van der Waals surface area contributed by atoms with Gasteiger partial charge in [0.2, 0.25) is 0 Å². The van der Waals surface area contributed by atoms with Crippen LogP contribution in [0.15, 0.2) is 58.3 Å². The fourth-order valence-electron chi connectivity index (χ4n) is 4.21. The molecule has 0 bridgehead atoms. The fourth-order valence-corrected chi connectivity index (χ4v) is 6.70. The number of fused-ring (bicyclic) bond motifs is 2. The van der Waals surface area contributed by atoms with E-state index >= 15 is 0 Å². The molecule has 0 amide bonds. The Morgan fingerprint density at radius 1 is 0.919 bits per heavy atom. The van der Waals surface area contributed by atoms with E-state index in [4.69, 9.17) is 0 Å². The summed E-state index contributed by atoms with van der Waals surface area (Å²) in [5.41, 5.74) is 0.0294. The highest BCUT2D eigenvalue weighted by atomic mass is 32.2. The first-order chi connectivity index (χ1) is 16.9. The van der Waals surface area contributed by atoms with Crippen LogP contribution < -0.4 is 9.62 Å². The number of aromatic nitrogens is 1. The molecule has 0 radical (unpaired) electrons. The van der Waals surface area contributed by atoms with Crippen LogP contribution in [0, 0.1) is 6.92 Å². The molecule has 198 valence electrons. The highest BCUT2D eigenvalue weighted by Crippen LogP contribution is 2.43. The zero-order valence-electron chi connectivity index (χ0n) is 20.8. The lowest BCUT2D eigenvalue weighted by atomic mass is 9.87. The highest BCUT2D eigenvalue weighted by Gasteiger charge is 2.36. The second kappa shape index (κ2) is 8.73. The molecule has 1 aliphatic rings. The van der Waals surface area contributed by atoms with Gasteiger partial charge >= 0.3 is 6.18 Å². The number of hydrogen-bond donors (Lipinski definition) is 1. The van der Waals surface area contributed by atoms with E-state index in [0.717, 1.165) is 22.2 Å². The van der Waals surface area contributed by atoms with Gasteiger partial charge in [0.1, 0.15) is 11.5 Å². The van der Waals surface area contributed by atoms with Crippen molar-refractivity contribution >= 4 is 37.1 Å². The third-order valence-corrected chi connectivity index (χ3v) is 9.18. The second-order valence-corrected chi connectivity index (χ2v) is 13.8. The summed E-state index contributed by atoms with van der Waals surface area (Å²) in [4.78, 5) is 3.56. The number of nitrogens with zero attached hydrogens (tertiary/aromatic N) is 2. The van der Waals surface area contributed by atoms with Gasteiger partial charge in [-0.05, 0) is 53.8 Å². The lowest BCUT2D eigenvalue weighted by Crippen LogP contribution is -2.31. The van der Waals surface area contributed by atoms with E-state index in [9.17, 15) is 30.0 Å². The number of alkyl halides is 3. The topological polar surface area (TPSA) is 96.4 Å². The predicted molar refractivity (Wildman–Crippen MR) is 135 cm³/mol. The smallest absolute Gasteiger partial charge is 0.338 e. The summed E-state index contributed by atoms with van der Waals surface area (Å²) in [6, 6.07) is 10.9. The summed E-state index contributed by atoms with van der Waals surface area (Å²) in [5.74, 6) is -0.164. The maximum atomic E-state index is 14.0. The normalized spacial score (nSPS) is 14.4. The van der Waals surface area contributed by atoms with Gasteiger partial charge in [0, 0.05) is 11.8 Å². The number of rotatable bonds is 3. The van der Waals surface area contributed by atoms with Crippen molar-refractivity contribution < 1.29 is 30.0 Å². The Morgan fingerprint density at radius 2 is 1.54 bits per heavy atom. The van der Waals surface area contributed by atoms with Crippen LogP contribution in [0.5, 0.6) is 0 Å². The van der Waals surface area contributed by atoms with E-state index in [1.165, 1.54) is 37.3 Å². The van der Waals surface area contributed by atoms with E-state index in [-0.39, 0.29) is 50.1 Å². The molecule has 2 heterocycles. The Bertz CT molecular complexity index is 1590. The van der Waals surface area contributed by atoms with Crippen molar-refractivity contribution in [1.29, 1.82) is 0 Å². The van der Waals surface area contributed by atoms with Gasteiger partial charge < -0.3 is 5.32 Å². The minimum Gasteiger partial charge on any atom is -0.338 e. The zero-order chi connectivity index (χ0) is 27.6. The van der Waals surface area contributed by atoms with Crippen molar-refractivity contribution in [3.05, 3.63) is 70.9 Å². The van der Waals surface area contributed by atoms with Crippen molar-refractivity contribution in [2.45, 2.75) is 55.6 Å². The van der Waals surface area contributed by atoms with E-state index in [2.05, 4.69) is 10.3 Å². The average molecular weight is 554 g/mol. The summed E-state index contributed by atoms with van der Waals surface area (Å²) in [7, 11) is -8.02. The van der Waals surface area contributed by atoms with Crippen LogP contribution in [0.1, 0.15) is 43.2 Å². The van der Waals surface area contributed by atoms with Crippen molar-refractivity contribution in [3.63, 3.8) is 0 Å². The molecule has 7 nitrogen and oxygen atoms in total. The highest BCUT2D eigenvalue weighted by molar-refractivity contribution is 7.93. The number of sulfone groups is 1. The van der Waals surface area contributed by atoms with Crippen LogP contribution in [0.25, 0.3) is 0 Å². The Kier molecular flexibility index (Phi) is 6.35. The summed E-state index contributed by atoms with van der Waals surface area (Å²) in [6.07, 6.45) is -3.70. The SMILES string of the molecule is Cc1c(S(C)(=O)=O)ccc2c1N(S(=O)(=O)c1ccc(C(C)(C)C)cc1)Cc1ccc(C(F)(F)F)nc1N2. The maximum absolute atomic E-state index is 14.0. The quantitative estimate of drug-likeness (QED) is 0.456. The number of hydrogen-bond acceptors (Lipinski definition) is 6. The van der Waals surface area contributed by atoms with Gasteiger partial charge in [-0.15, -0.1) is 0 Å². The van der Waals surface area contributed by atoms with Gasteiger partial charge in [0.25, 0.3) is 10.0 Å². The first-order valence-electron chi connectivity index (χ1n) is 11.2. The summed E-state index contributed by atoms with van der Waals surface area (Å²) in [6.45, 7) is 7.07. The van der Waals surface area contributed by atoms with Crippen molar-refractivity contribution in [3.8, 4) is 0 Å². The van der Waals surface area contributed by atoms with Gasteiger partial charge in [-0.1, -0.05) is 39.0 Å². The van der Waals surface area contributed by atoms with Gasteiger partial charge in [0.15, 0.2) is 9.84 Å². The van der Waals surface area contributed by atoms with Gasteiger partial charge in [-0.25, -0.2) is 21.8 Å². The number of anilines is 3. The second-order valence-electron chi connectivity index (χ2n) is 9.97. The average Bonchev–Trinajstić information content (AvgIpc) is 2.94. The van der Waals surface area contributed by atoms with Crippen molar-refractivity contribution in [2.75, 3.05) is 15.9 Å². The third-order valence-electron chi connectivity index (χ3n) is 6.17. The number of benzene rings is 2. The molecule has 1 N–H and O–H groups in total. The van der Waals surface area contributed by atoms with E-state index in [0.29, 0.717) is 0 Å². The number of sulfonamides is 1. The molecule has 4 rings (SSSR count). The van der Waals surface area contributed by atoms with Gasteiger partial charge in [-0.3, -0.25) is 4.31 Å². The lowest BCUT2D eigenvalue weighted by molar-refractivity contribution is -0.141. The molecule has 2 aromatic carbocycles. The molecule has 0 fully saturated rings. The molecule has 0 saturated heterocycles. The minimum absolute atomic E-state index is 0.0226. The molecule has 1 aliphatic heterocycles. The fraction of sp³-hybridized carbons (Fsp3) is 0.320. The molecule has 0 aliphatic carbocycles. The summed E-state index contributed by atoms with van der Waals surface area (Å²) in [5, 5.41) is 2.81. The van der Waals surface area contributed by atoms with E-state index in [1.54, 1.807) is 12.1 Å². The van der Waals surface area contributed by atoms with Crippen LogP contribution in [-0.2, 0) is 38.0 Å².